The lowest BCUT2D eigenvalue weighted by atomic mass is 9.84. The second kappa shape index (κ2) is 8.40. The fourth-order valence-electron chi connectivity index (χ4n) is 3.47. The monoisotopic (exact) mass is 346 g/mol. The van der Waals surface area contributed by atoms with Crippen LogP contribution in [0, 0.1) is 23.4 Å². The molecular weight excluding hydrogens is 321 g/mol. The summed E-state index contributed by atoms with van der Waals surface area (Å²) in [6.07, 6.45) is 4.60. The van der Waals surface area contributed by atoms with Gasteiger partial charge in [0.2, 0.25) is 0 Å². The van der Waals surface area contributed by atoms with E-state index in [4.69, 9.17) is 5.14 Å². The van der Waals surface area contributed by atoms with Gasteiger partial charge in [0.15, 0.2) is 11.6 Å². The molecule has 23 heavy (non-hydrogen) atoms. The highest BCUT2D eigenvalue weighted by atomic mass is 32.2. The Kier molecular flexibility index (Phi) is 6.80. The summed E-state index contributed by atoms with van der Waals surface area (Å²) in [7, 11) is 2.14. The molecule has 6 heteroatoms. The number of likely N-dealkylation sites (tertiary alicyclic amines) is 1. The Morgan fingerprint density at radius 3 is 2.61 bits per heavy atom. The van der Waals surface area contributed by atoms with Gasteiger partial charge in [0.25, 0.3) is 0 Å². The van der Waals surface area contributed by atoms with E-state index in [1.807, 2.05) is 0 Å². The summed E-state index contributed by atoms with van der Waals surface area (Å²) in [4.78, 5) is 2.37. The van der Waals surface area contributed by atoms with E-state index in [1.54, 1.807) is 0 Å². The Bertz CT molecular complexity index is 527. The maximum atomic E-state index is 13.9. The topological polar surface area (TPSA) is 29.3 Å². The predicted octanol–water partition coefficient (Wildman–Crippen LogP) is 4.13. The number of hydrogen-bond donors (Lipinski definition) is 1. The molecule has 0 radical (unpaired) electrons. The summed E-state index contributed by atoms with van der Waals surface area (Å²) in [6.45, 7) is 3.16. The number of nitrogens with two attached hydrogens (primary N) is 1. The van der Waals surface area contributed by atoms with Crippen molar-refractivity contribution in [3.8, 4) is 0 Å². The number of piperidine rings is 1. The minimum absolute atomic E-state index is 0.0161. The number of halogens is 3. The van der Waals surface area contributed by atoms with Crippen molar-refractivity contribution in [3.63, 3.8) is 0 Å². The molecule has 1 aliphatic heterocycles. The molecule has 1 fully saturated rings. The second-order valence-electron chi connectivity index (χ2n) is 6.44. The standard InChI is InChI=1S/C17H25F3N2S/c1-3-4-13-7-11(5-6-22(13)2)17(23-21)9-12-8-15(19)16(20)10-14(12)18/h8,10-11,13,17H,3-7,9,21H2,1-2H3. The SMILES string of the molecule is CCCC1CC(C(Cc2cc(F)c(F)cc2F)SN)CCN1C. The number of hydrogen-bond acceptors (Lipinski definition) is 3. The Balaban J connectivity index is 2.09. The van der Waals surface area contributed by atoms with Crippen LogP contribution in [0.5, 0.6) is 0 Å². The lowest BCUT2D eigenvalue weighted by Gasteiger charge is -2.40. The summed E-state index contributed by atoms with van der Waals surface area (Å²) >= 11 is 1.21. The highest BCUT2D eigenvalue weighted by Gasteiger charge is 2.31. The largest absolute Gasteiger partial charge is 0.303 e. The Morgan fingerprint density at radius 2 is 1.96 bits per heavy atom. The van der Waals surface area contributed by atoms with E-state index in [2.05, 4.69) is 18.9 Å². The van der Waals surface area contributed by atoms with Crippen LogP contribution < -0.4 is 5.14 Å². The average Bonchev–Trinajstić information content (AvgIpc) is 2.52. The van der Waals surface area contributed by atoms with E-state index in [0.717, 1.165) is 38.3 Å². The van der Waals surface area contributed by atoms with Gasteiger partial charge in [-0.1, -0.05) is 25.3 Å². The van der Waals surface area contributed by atoms with Gasteiger partial charge < -0.3 is 4.90 Å². The maximum Gasteiger partial charge on any atom is 0.161 e. The lowest BCUT2D eigenvalue weighted by molar-refractivity contribution is 0.131. The van der Waals surface area contributed by atoms with Gasteiger partial charge in [-0.15, -0.1) is 0 Å². The molecule has 1 aromatic carbocycles. The molecule has 3 unspecified atom stereocenters. The number of nitrogens with zero attached hydrogens (tertiary/aromatic N) is 1. The zero-order valence-corrected chi connectivity index (χ0v) is 14.5. The first kappa shape index (κ1) is 18.6. The Labute approximate surface area is 140 Å². The first-order valence-electron chi connectivity index (χ1n) is 8.15. The van der Waals surface area contributed by atoms with Crippen LogP contribution in [0.3, 0.4) is 0 Å². The Morgan fingerprint density at radius 1 is 1.26 bits per heavy atom. The molecular formula is C17H25F3N2S. The first-order chi connectivity index (χ1) is 11.0. The molecule has 2 nitrogen and oxygen atoms in total. The zero-order chi connectivity index (χ0) is 17.0. The molecule has 2 rings (SSSR count). The van der Waals surface area contributed by atoms with E-state index < -0.39 is 17.5 Å². The molecule has 1 heterocycles. The fourth-order valence-corrected chi connectivity index (χ4v) is 4.22. The van der Waals surface area contributed by atoms with Crippen molar-refractivity contribution in [3.05, 3.63) is 35.1 Å². The van der Waals surface area contributed by atoms with Crippen LogP contribution in [0.2, 0.25) is 0 Å². The molecule has 0 amide bonds. The van der Waals surface area contributed by atoms with Gasteiger partial charge in [0.1, 0.15) is 5.82 Å². The Hall–Kier alpha value is -0.720. The van der Waals surface area contributed by atoms with Crippen molar-refractivity contribution >= 4 is 11.9 Å². The van der Waals surface area contributed by atoms with Gasteiger partial charge >= 0.3 is 0 Å². The summed E-state index contributed by atoms with van der Waals surface area (Å²) < 4.78 is 40.3. The average molecular weight is 346 g/mol. The van der Waals surface area contributed by atoms with Crippen LogP contribution >= 0.6 is 11.9 Å². The van der Waals surface area contributed by atoms with Crippen LogP contribution in [0.4, 0.5) is 13.2 Å². The van der Waals surface area contributed by atoms with Crippen molar-refractivity contribution < 1.29 is 13.2 Å². The number of rotatable bonds is 6. The van der Waals surface area contributed by atoms with Crippen LogP contribution in [-0.2, 0) is 6.42 Å². The maximum absolute atomic E-state index is 13.9. The smallest absolute Gasteiger partial charge is 0.161 e. The molecule has 1 saturated heterocycles. The van der Waals surface area contributed by atoms with E-state index in [1.165, 1.54) is 11.9 Å². The molecule has 1 aromatic rings. The van der Waals surface area contributed by atoms with Crippen LogP contribution in [-0.4, -0.2) is 29.8 Å². The normalized spacial score (nSPS) is 23.9. The van der Waals surface area contributed by atoms with Crippen molar-refractivity contribution in [2.45, 2.75) is 50.3 Å². The van der Waals surface area contributed by atoms with E-state index in [9.17, 15) is 13.2 Å². The van der Waals surface area contributed by atoms with Gasteiger partial charge in [-0.2, -0.15) is 0 Å². The molecule has 130 valence electrons. The third-order valence-electron chi connectivity index (χ3n) is 4.88. The van der Waals surface area contributed by atoms with E-state index in [0.29, 0.717) is 24.4 Å². The minimum Gasteiger partial charge on any atom is -0.303 e. The fraction of sp³-hybridized carbons (Fsp3) is 0.647. The lowest BCUT2D eigenvalue weighted by Crippen LogP contribution is -2.43. The molecule has 2 N–H and O–H groups in total. The molecule has 0 aromatic heterocycles. The van der Waals surface area contributed by atoms with Crippen molar-refractivity contribution in [2.75, 3.05) is 13.6 Å². The molecule has 0 aliphatic carbocycles. The quantitative estimate of drug-likeness (QED) is 0.620. The summed E-state index contributed by atoms with van der Waals surface area (Å²) in [5, 5.41) is 5.85. The summed E-state index contributed by atoms with van der Waals surface area (Å²) in [5.74, 6) is -2.48. The second-order valence-corrected chi connectivity index (χ2v) is 7.32. The van der Waals surface area contributed by atoms with Crippen LogP contribution in [0.15, 0.2) is 12.1 Å². The highest BCUT2D eigenvalue weighted by molar-refractivity contribution is 7.97. The van der Waals surface area contributed by atoms with Crippen molar-refractivity contribution in [1.29, 1.82) is 0 Å². The third kappa shape index (κ3) is 4.64. The zero-order valence-electron chi connectivity index (χ0n) is 13.7. The van der Waals surface area contributed by atoms with E-state index in [-0.39, 0.29) is 10.8 Å². The molecule has 1 aliphatic rings. The minimum atomic E-state index is -1.15. The van der Waals surface area contributed by atoms with Crippen LogP contribution in [0.25, 0.3) is 0 Å². The van der Waals surface area contributed by atoms with Gasteiger partial charge in [0.05, 0.1) is 0 Å². The predicted molar refractivity (Wildman–Crippen MR) is 89.6 cm³/mol. The van der Waals surface area contributed by atoms with Gasteiger partial charge in [0, 0.05) is 17.4 Å². The van der Waals surface area contributed by atoms with Gasteiger partial charge in [-0.3, -0.25) is 5.14 Å². The molecule has 0 saturated carbocycles. The summed E-state index contributed by atoms with van der Waals surface area (Å²) in [6, 6.07) is 2.10. The molecule has 0 bridgehead atoms. The van der Waals surface area contributed by atoms with Gasteiger partial charge in [-0.25, -0.2) is 13.2 Å². The summed E-state index contributed by atoms with van der Waals surface area (Å²) in [5.41, 5.74) is 0.206. The molecule has 0 spiro atoms. The first-order valence-corrected chi connectivity index (χ1v) is 9.09. The van der Waals surface area contributed by atoms with E-state index >= 15 is 0 Å². The van der Waals surface area contributed by atoms with Crippen LogP contribution in [0.1, 0.15) is 38.2 Å². The number of benzene rings is 1. The highest BCUT2D eigenvalue weighted by Crippen LogP contribution is 2.33. The van der Waals surface area contributed by atoms with Gasteiger partial charge in [-0.05, 0) is 56.8 Å². The third-order valence-corrected chi connectivity index (χ3v) is 5.78. The molecule has 3 atom stereocenters. The van der Waals surface area contributed by atoms with Crippen molar-refractivity contribution in [1.82, 2.24) is 4.90 Å². The van der Waals surface area contributed by atoms with Crippen molar-refractivity contribution in [2.24, 2.45) is 11.1 Å².